The zero-order valence-corrected chi connectivity index (χ0v) is 13.6. The summed E-state index contributed by atoms with van der Waals surface area (Å²) >= 11 is 0. The summed E-state index contributed by atoms with van der Waals surface area (Å²) in [5.74, 6) is 0.971. The van der Waals surface area contributed by atoms with Gasteiger partial charge in [-0.3, -0.25) is 4.90 Å². The van der Waals surface area contributed by atoms with Crippen LogP contribution in [0.2, 0.25) is 0 Å². The second-order valence-electron chi connectivity index (χ2n) is 6.00. The van der Waals surface area contributed by atoms with Gasteiger partial charge in [-0.05, 0) is 49.9 Å². The first-order chi connectivity index (χ1) is 10.3. The zero-order valence-electron chi connectivity index (χ0n) is 13.6. The molecule has 3 heteroatoms. The molecule has 0 radical (unpaired) electrons. The number of nitrogens with two attached hydrogens (primary N) is 1. The number of ether oxygens (including phenoxy) is 1. The van der Waals surface area contributed by atoms with Crippen LogP contribution in [-0.4, -0.2) is 30.6 Å². The van der Waals surface area contributed by atoms with Crippen molar-refractivity contribution >= 4 is 0 Å². The Morgan fingerprint density at radius 3 is 2.71 bits per heavy atom. The van der Waals surface area contributed by atoms with E-state index in [-0.39, 0.29) is 0 Å². The normalized spacial score (nSPS) is 16.2. The molecule has 0 spiro atoms. The maximum atomic E-state index is 6.11. The van der Waals surface area contributed by atoms with Gasteiger partial charge in [0, 0.05) is 18.6 Å². The van der Waals surface area contributed by atoms with Crippen LogP contribution in [0.5, 0.6) is 5.75 Å². The van der Waals surface area contributed by atoms with Crippen LogP contribution < -0.4 is 10.5 Å². The van der Waals surface area contributed by atoms with E-state index in [1.807, 2.05) is 6.07 Å². The van der Waals surface area contributed by atoms with Crippen LogP contribution in [0.1, 0.15) is 57.6 Å². The Hall–Kier alpha value is -1.06. The van der Waals surface area contributed by atoms with Crippen LogP contribution in [0, 0.1) is 0 Å². The average Bonchev–Trinajstić information content (AvgIpc) is 3.34. The molecule has 2 rings (SSSR count). The molecular formula is C18H30N2O. The molecule has 1 aromatic carbocycles. The van der Waals surface area contributed by atoms with Crippen molar-refractivity contribution in [3.05, 3.63) is 29.8 Å². The van der Waals surface area contributed by atoms with Gasteiger partial charge in [0.2, 0.25) is 0 Å². The van der Waals surface area contributed by atoms with Crippen molar-refractivity contribution in [3.8, 4) is 5.75 Å². The van der Waals surface area contributed by atoms with Crippen LogP contribution in [0.4, 0.5) is 0 Å². The first kappa shape index (κ1) is 16.3. The Labute approximate surface area is 129 Å². The highest BCUT2D eigenvalue weighted by atomic mass is 16.5. The highest BCUT2D eigenvalue weighted by Crippen LogP contribution is 2.35. The third kappa shape index (κ3) is 4.72. The quantitative estimate of drug-likeness (QED) is 0.713. The van der Waals surface area contributed by atoms with Crippen LogP contribution in [0.15, 0.2) is 24.3 Å². The second kappa shape index (κ2) is 8.40. The smallest absolute Gasteiger partial charge is 0.119 e. The summed E-state index contributed by atoms with van der Waals surface area (Å²) in [6.45, 7) is 6.99. The fraction of sp³-hybridized carbons (Fsp3) is 0.667. The molecule has 0 heterocycles. The van der Waals surface area contributed by atoms with E-state index in [4.69, 9.17) is 10.5 Å². The molecule has 1 atom stereocenters. The minimum absolute atomic E-state index is 0.328. The van der Waals surface area contributed by atoms with Crippen LogP contribution >= 0.6 is 0 Å². The topological polar surface area (TPSA) is 38.5 Å². The third-order valence-electron chi connectivity index (χ3n) is 4.13. The molecule has 1 saturated carbocycles. The van der Waals surface area contributed by atoms with Gasteiger partial charge in [0.1, 0.15) is 5.75 Å². The van der Waals surface area contributed by atoms with E-state index in [1.165, 1.54) is 31.2 Å². The first-order valence-electron chi connectivity index (χ1n) is 8.48. The van der Waals surface area contributed by atoms with Crippen LogP contribution in [0.25, 0.3) is 0 Å². The van der Waals surface area contributed by atoms with Crippen molar-refractivity contribution in [2.24, 2.45) is 5.73 Å². The van der Waals surface area contributed by atoms with E-state index in [0.29, 0.717) is 12.6 Å². The number of nitrogens with zero attached hydrogens (tertiary/aromatic N) is 1. The van der Waals surface area contributed by atoms with Gasteiger partial charge in [-0.15, -0.1) is 0 Å². The molecule has 0 bridgehead atoms. The molecule has 21 heavy (non-hydrogen) atoms. The van der Waals surface area contributed by atoms with Gasteiger partial charge in [0.05, 0.1) is 6.61 Å². The molecule has 2 N–H and O–H groups in total. The number of hydrogen-bond acceptors (Lipinski definition) is 3. The highest BCUT2D eigenvalue weighted by molar-refractivity contribution is 5.31. The van der Waals surface area contributed by atoms with E-state index in [2.05, 4.69) is 36.9 Å². The lowest BCUT2D eigenvalue weighted by atomic mass is 10.0. The Morgan fingerprint density at radius 1 is 1.29 bits per heavy atom. The molecule has 1 aromatic rings. The summed E-state index contributed by atoms with van der Waals surface area (Å²) in [5.41, 5.74) is 7.41. The Morgan fingerprint density at radius 2 is 2.10 bits per heavy atom. The fourth-order valence-electron chi connectivity index (χ4n) is 2.83. The van der Waals surface area contributed by atoms with Gasteiger partial charge in [0.15, 0.2) is 0 Å². The molecule has 1 unspecified atom stereocenters. The average molecular weight is 290 g/mol. The monoisotopic (exact) mass is 290 g/mol. The highest BCUT2D eigenvalue weighted by Gasteiger charge is 2.33. The molecule has 118 valence electrons. The summed E-state index contributed by atoms with van der Waals surface area (Å²) < 4.78 is 5.77. The zero-order chi connectivity index (χ0) is 15.1. The van der Waals surface area contributed by atoms with Crippen molar-refractivity contribution in [2.45, 2.75) is 58.0 Å². The molecule has 0 aliphatic heterocycles. The summed E-state index contributed by atoms with van der Waals surface area (Å²) in [7, 11) is 0. The van der Waals surface area contributed by atoms with Crippen molar-refractivity contribution in [1.82, 2.24) is 4.90 Å². The van der Waals surface area contributed by atoms with Gasteiger partial charge in [-0.2, -0.15) is 0 Å². The van der Waals surface area contributed by atoms with Crippen LogP contribution in [0.3, 0.4) is 0 Å². The third-order valence-corrected chi connectivity index (χ3v) is 4.13. The first-order valence-corrected chi connectivity index (χ1v) is 8.48. The molecule has 0 saturated heterocycles. The lowest BCUT2D eigenvalue weighted by Crippen LogP contribution is -2.36. The largest absolute Gasteiger partial charge is 0.494 e. The summed E-state index contributed by atoms with van der Waals surface area (Å²) in [6, 6.07) is 9.57. The summed E-state index contributed by atoms with van der Waals surface area (Å²) in [5, 5.41) is 0. The van der Waals surface area contributed by atoms with E-state index in [1.54, 1.807) is 0 Å². The standard InChI is InChI=1S/C18H30N2O/c1-3-5-11-20(16-9-10-16)18(14-19)15-7-6-8-17(13-15)21-12-4-2/h6-8,13,16,18H,3-5,9-12,14,19H2,1-2H3. The van der Waals surface area contributed by atoms with Gasteiger partial charge in [0.25, 0.3) is 0 Å². The Kier molecular flexibility index (Phi) is 6.52. The summed E-state index contributed by atoms with van der Waals surface area (Å²) in [6.07, 6.45) is 6.17. The molecule has 1 aliphatic rings. The Bertz CT molecular complexity index is 417. The van der Waals surface area contributed by atoms with Crippen molar-refractivity contribution in [2.75, 3.05) is 19.7 Å². The molecule has 1 fully saturated rings. The molecule has 0 aromatic heterocycles. The minimum Gasteiger partial charge on any atom is -0.494 e. The number of hydrogen-bond donors (Lipinski definition) is 1. The molecular weight excluding hydrogens is 260 g/mol. The number of rotatable bonds is 10. The predicted octanol–water partition coefficient (Wildman–Crippen LogP) is 3.74. The maximum absolute atomic E-state index is 6.11. The fourth-order valence-corrected chi connectivity index (χ4v) is 2.83. The second-order valence-corrected chi connectivity index (χ2v) is 6.00. The molecule has 0 amide bonds. The summed E-state index contributed by atoms with van der Waals surface area (Å²) in [4.78, 5) is 2.61. The lowest BCUT2D eigenvalue weighted by Gasteiger charge is -2.31. The van der Waals surface area contributed by atoms with Gasteiger partial charge >= 0.3 is 0 Å². The lowest BCUT2D eigenvalue weighted by molar-refractivity contribution is 0.188. The maximum Gasteiger partial charge on any atom is 0.119 e. The van der Waals surface area contributed by atoms with E-state index in [9.17, 15) is 0 Å². The van der Waals surface area contributed by atoms with Crippen molar-refractivity contribution in [1.29, 1.82) is 0 Å². The van der Waals surface area contributed by atoms with Crippen LogP contribution in [-0.2, 0) is 0 Å². The minimum atomic E-state index is 0.328. The number of benzene rings is 1. The van der Waals surface area contributed by atoms with E-state index >= 15 is 0 Å². The van der Waals surface area contributed by atoms with E-state index < -0.39 is 0 Å². The SMILES string of the molecule is CCCCN(C1CC1)C(CN)c1cccc(OCCC)c1. The Balaban J connectivity index is 2.10. The molecule has 3 nitrogen and oxygen atoms in total. The van der Waals surface area contributed by atoms with Gasteiger partial charge in [-0.1, -0.05) is 32.4 Å². The van der Waals surface area contributed by atoms with Crippen molar-refractivity contribution < 1.29 is 4.74 Å². The van der Waals surface area contributed by atoms with Gasteiger partial charge < -0.3 is 10.5 Å². The molecule has 1 aliphatic carbocycles. The van der Waals surface area contributed by atoms with E-state index in [0.717, 1.165) is 31.4 Å². The van der Waals surface area contributed by atoms with Gasteiger partial charge in [-0.25, -0.2) is 0 Å². The number of unbranched alkanes of at least 4 members (excludes halogenated alkanes) is 1. The van der Waals surface area contributed by atoms with Crippen molar-refractivity contribution in [3.63, 3.8) is 0 Å². The predicted molar refractivity (Wildman–Crippen MR) is 88.7 cm³/mol.